The van der Waals surface area contributed by atoms with Crippen molar-refractivity contribution in [3.05, 3.63) is 71.8 Å². The molecule has 0 fully saturated rings. The van der Waals surface area contributed by atoms with E-state index in [1.54, 1.807) is 30.3 Å². The molecule has 2 rings (SSSR count). The van der Waals surface area contributed by atoms with Gasteiger partial charge in [0.15, 0.2) is 0 Å². The lowest BCUT2D eigenvalue weighted by Gasteiger charge is -2.14. The van der Waals surface area contributed by atoms with Crippen molar-refractivity contribution in [2.75, 3.05) is 7.05 Å². The van der Waals surface area contributed by atoms with E-state index in [9.17, 15) is 16.8 Å². The first-order valence-corrected chi connectivity index (χ1v) is 9.75. The lowest BCUT2D eigenvalue weighted by Crippen LogP contribution is -2.21. The van der Waals surface area contributed by atoms with Gasteiger partial charge in [-0.05, 0) is 31.2 Å². The minimum Gasteiger partial charge on any atom is -0.276 e. The highest BCUT2D eigenvalue weighted by Gasteiger charge is 2.18. The average molecular weight is 351 g/mol. The molecule has 2 aromatic rings. The molecule has 5 nitrogen and oxygen atoms in total. The molecule has 0 spiro atoms. The van der Waals surface area contributed by atoms with Gasteiger partial charge in [-0.3, -0.25) is 4.31 Å². The summed E-state index contributed by atoms with van der Waals surface area (Å²) in [6.45, 7) is 1.85. The van der Waals surface area contributed by atoms with Gasteiger partial charge in [0.1, 0.15) is 0 Å². The van der Waals surface area contributed by atoms with Crippen molar-refractivity contribution >= 4 is 19.9 Å². The van der Waals surface area contributed by atoms with Crippen molar-refractivity contribution in [3.63, 3.8) is 0 Å². The van der Waals surface area contributed by atoms with Crippen molar-refractivity contribution in [2.45, 2.75) is 16.7 Å². The SMILES string of the molecule is Cc1ccc(S(=O)(=O)N(C)/C=C/S(=O)(=O)c2ccccc2)cc1. The maximum Gasteiger partial charge on any atom is 0.263 e. The Labute approximate surface area is 136 Å². The monoisotopic (exact) mass is 351 g/mol. The van der Waals surface area contributed by atoms with E-state index in [1.807, 2.05) is 6.92 Å². The molecule has 0 N–H and O–H groups in total. The predicted molar refractivity (Wildman–Crippen MR) is 88.9 cm³/mol. The van der Waals surface area contributed by atoms with Crippen LogP contribution in [0.25, 0.3) is 0 Å². The molecule has 0 aliphatic carbocycles. The Bertz CT molecular complexity index is 900. The number of aryl methyl sites for hydroxylation is 1. The molecule has 0 saturated heterocycles. The normalized spacial score (nSPS) is 12.4. The molecule has 7 heteroatoms. The summed E-state index contributed by atoms with van der Waals surface area (Å²) in [4.78, 5) is 0.213. The second kappa shape index (κ2) is 6.55. The fourth-order valence-electron chi connectivity index (χ4n) is 1.81. The van der Waals surface area contributed by atoms with E-state index in [2.05, 4.69) is 0 Å². The largest absolute Gasteiger partial charge is 0.276 e. The van der Waals surface area contributed by atoms with Crippen LogP contribution in [0.3, 0.4) is 0 Å². The van der Waals surface area contributed by atoms with Crippen LogP contribution in [0.4, 0.5) is 0 Å². The van der Waals surface area contributed by atoms with Gasteiger partial charge in [-0.25, -0.2) is 16.8 Å². The molecule has 0 amide bonds. The molecule has 23 heavy (non-hydrogen) atoms. The number of nitrogens with zero attached hydrogens (tertiary/aromatic N) is 1. The lowest BCUT2D eigenvalue weighted by atomic mass is 10.2. The van der Waals surface area contributed by atoms with E-state index in [-0.39, 0.29) is 9.79 Å². The summed E-state index contributed by atoms with van der Waals surface area (Å²) < 4.78 is 49.9. The number of rotatable bonds is 5. The van der Waals surface area contributed by atoms with Crippen LogP contribution in [-0.4, -0.2) is 28.2 Å². The molecular weight excluding hydrogens is 334 g/mol. The van der Waals surface area contributed by atoms with Gasteiger partial charge in [-0.2, -0.15) is 0 Å². The molecule has 0 aliphatic rings. The molecule has 0 aliphatic heterocycles. The fourth-order valence-corrected chi connectivity index (χ4v) is 3.96. The van der Waals surface area contributed by atoms with Crippen molar-refractivity contribution in [3.8, 4) is 0 Å². The van der Waals surface area contributed by atoms with Crippen LogP contribution in [0.2, 0.25) is 0 Å². The molecular formula is C16H17NO4S2. The van der Waals surface area contributed by atoms with E-state index in [0.29, 0.717) is 0 Å². The smallest absolute Gasteiger partial charge is 0.263 e. The zero-order valence-corrected chi connectivity index (χ0v) is 14.4. The third-order valence-electron chi connectivity index (χ3n) is 3.22. The Kier molecular flexibility index (Phi) is 4.91. The Morgan fingerprint density at radius 1 is 0.826 bits per heavy atom. The van der Waals surface area contributed by atoms with Crippen LogP contribution in [0, 0.1) is 6.92 Å². The zero-order chi connectivity index (χ0) is 17.1. The van der Waals surface area contributed by atoms with E-state index < -0.39 is 19.9 Å². The Morgan fingerprint density at radius 2 is 1.39 bits per heavy atom. The molecule has 122 valence electrons. The maximum atomic E-state index is 12.4. The molecule has 0 atom stereocenters. The van der Waals surface area contributed by atoms with Crippen LogP contribution >= 0.6 is 0 Å². The van der Waals surface area contributed by atoms with Crippen LogP contribution in [0.15, 0.2) is 76.0 Å². The molecule has 2 aromatic carbocycles. The zero-order valence-electron chi connectivity index (χ0n) is 12.7. The summed E-state index contributed by atoms with van der Waals surface area (Å²) in [5.74, 6) is 0. The first-order chi connectivity index (χ1) is 10.7. The number of sulfone groups is 1. The molecule has 0 bridgehead atoms. The molecule has 0 unspecified atom stereocenters. The minimum absolute atomic E-state index is 0.104. The highest BCUT2D eigenvalue weighted by Crippen LogP contribution is 2.17. The molecule has 0 saturated carbocycles. The van der Waals surface area contributed by atoms with Gasteiger partial charge in [0, 0.05) is 13.2 Å². The highest BCUT2D eigenvalue weighted by atomic mass is 32.2. The second-order valence-corrected chi connectivity index (χ2v) is 8.81. The Hall–Kier alpha value is -2.12. The number of sulfonamides is 1. The number of benzene rings is 2. The third kappa shape index (κ3) is 4.00. The summed E-state index contributed by atoms with van der Waals surface area (Å²) in [5.41, 5.74) is 0.939. The van der Waals surface area contributed by atoms with E-state index in [1.165, 1.54) is 31.3 Å². The lowest BCUT2D eigenvalue weighted by molar-refractivity contribution is 0.539. The van der Waals surface area contributed by atoms with Crippen LogP contribution in [0.1, 0.15) is 5.56 Å². The van der Waals surface area contributed by atoms with Crippen molar-refractivity contribution in [1.82, 2.24) is 4.31 Å². The van der Waals surface area contributed by atoms with Gasteiger partial charge in [-0.1, -0.05) is 35.9 Å². The molecule has 0 heterocycles. The first kappa shape index (κ1) is 17.2. The Balaban J connectivity index is 2.27. The maximum absolute atomic E-state index is 12.4. The van der Waals surface area contributed by atoms with E-state index in [0.717, 1.165) is 21.5 Å². The summed E-state index contributed by atoms with van der Waals surface area (Å²) in [6.07, 6.45) is 1.04. The highest BCUT2D eigenvalue weighted by molar-refractivity contribution is 7.94. The summed E-state index contributed by atoms with van der Waals surface area (Å²) in [6, 6.07) is 14.2. The van der Waals surface area contributed by atoms with E-state index >= 15 is 0 Å². The quantitative estimate of drug-likeness (QED) is 0.830. The van der Waals surface area contributed by atoms with Crippen molar-refractivity contribution in [2.24, 2.45) is 0 Å². The average Bonchev–Trinajstić information content (AvgIpc) is 2.54. The topological polar surface area (TPSA) is 71.5 Å². The van der Waals surface area contributed by atoms with Crippen molar-refractivity contribution in [1.29, 1.82) is 0 Å². The predicted octanol–water partition coefficient (Wildman–Crippen LogP) is 2.56. The van der Waals surface area contributed by atoms with Crippen LogP contribution in [-0.2, 0) is 19.9 Å². The summed E-state index contributed by atoms with van der Waals surface area (Å²) >= 11 is 0. The molecule has 0 aromatic heterocycles. The fraction of sp³-hybridized carbons (Fsp3) is 0.125. The Morgan fingerprint density at radius 3 is 1.96 bits per heavy atom. The van der Waals surface area contributed by atoms with E-state index in [4.69, 9.17) is 0 Å². The minimum atomic E-state index is -3.78. The van der Waals surface area contributed by atoms with Gasteiger partial charge in [0.25, 0.3) is 10.0 Å². The van der Waals surface area contributed by atoms with Gasteiger partial charge in [0.05, 0.1) is 15.2 Å². The number of hydrogen-bond donors (Lipinski definition) is 0. The number of hydrogen-bond acceptors (Lipinski definition) is 4. The van der Waals surface area contributed by atoms with Gasteiger partial charge < -0.3 is 0 Å². The van der Waals surface area contributed by atoms with Crippen LogP contribution < -0.4 is 0 Å². The second-order valence-electron chi connectivity index (χ2n) is 4.98. The standard InChI is InChI=1S/C16H17NO4S2/c1-14-8-10-16(11-9-14)23(20,21)17(2)12-13-22(18,19)15-6-4-3-5-7-15/h3-13H,1-2H3/b13-12+. The van der Waals surface area contributed by atoms with Crippen molar-refractivity contribution < 1.29 is 16.8 Å². The summed E-state index contributed by atoms with van der Waals surface area (Å²) in [7, 11) is -6.17. The first-order valence-electron chi connectivity index (χ1n) is 6.76. The third-order valence-corrected chi connectivity index (χ3v) is 6.38. The van der Waals surface area contributed by atoms with Gasteiger partial charge >= 0.3 is 0 Å². The van der Waals surface area contributed by atoms with Crippen LogP contribution in [0.5, 0.6) is 0 Å². The summed E-state index contributed by atoms with van der Waals surface area (Å²) in [5, 5.41) is 0.883. The molecule has 0 radical (unpaired) electrons. The van der Waals surface area contributed by atoms with Gasteiger partial charge in [-0.15, -0.1) is 0 Å². The van der Waals surface area contributed by atoms with Gasteiger partial charge in [0.2, 0.25) is 9.84 Å².